The molecule has 0 N–H and O–H groups in total. The first-order chi connectivity index (χ1) is 11.0. The standard InChI is InChI=1S/C17H21N3O3/c1-3-14(17(23)19-10-8-18(2)9-11-19)20-15(21)12-6-4-5-7-13(12)16(20)22/h4-7,14H,3,8-11H2,1-2H3/t14-/m0/s1. The summed E-state index contributed by atoms with van der Waals surface area (Å²) in [5.41, 5.74) is 0.782. The Morgan fingerprint density at radius 2 is 1.57 bits per heavy atom. The molecule has 0 aromatic heterocycles. The van der Waals surface area contributed by atoms with E-state index in [0.717, 1.165) is 18.0 Å². The maximum absolute atomic E-state index is 12.8. The molecule has 122 valence electrons. The van der Waals surface area contributed by atoms with Crippen molar-refractivity contribution >= 4 is 17.7 Å². The smallest absolute Gasteiger partial charge is 0.262 e. The third-order valence-corrected chi connectivity index (χ3v) is 4.62. The summed E-state index contributed by atoms with van der Waals surface area (Å²) in [4.78, 5) is 43.0. The minimum absolute atomic E-state index is 0.130. The van der Waals surface area contributed by atoms with Crippen molar-refractivity contribution in [1.82, 2.24) is 14.7 Å². The molecule has 0 saturated carbocycles. The zero-order valence-corrected chi connectivity index (χ0v) is 13.5. The number of piperazine rings is 1. The Balaban J connectivity index is 1.83. The summed E-state index contributed by atoms with van der Waals surface area (Å²) >= 11 is 0. The van der Waals surface area contributed by atoms with Gasteiger partial charge >= 0.3 is 0 Å². The van der Waals surface area contributed by atoms with Gasteiger partial charge in [-0.2, -0.15) is 0 Å². The van der Waals surface area contributed by atoms with E-state index in [-0.39, 0.29) is 17.7 Å². The Labute approximate surface area is 135 Å². The number of amides is 3. The van der Waals surface area contributed by atoms with Crippen molar-refractivity contribution in [3.05, 3.63) is 35.4 Å². The first kappa shape index (κ1) is 15.7. The molecule has 1 fully saturated rings. The molecule has 1 aromatic rings. The number of imide groups is 1. The summed E-state index contributed by atoms with van der Waals surface area (Å²) in [5, 5.41) is 0. The van der Waals surface area contributed by atoms with Gasteiger partial charge in [0.2, 0.25) is 5.91 Å². The predicted molar refractivity (Wildman–Crippen MR) is 85.1 cm³/mol. The molecule has 23 heavy (non-hydrogen) atoms. The van der Waals surface area contributed by atoms with Crippen LogP contribution >= 0.6 is 0 Å². The summed E-state index contributed by atoms with van der Waals surface area (Å²) in [6.45, 7) is 4.72. The lowest BCUT2D eigenvalue weighted by atomic mass is 10.1. The van der Waals surface area contributed by atoms with Crippen molar-refractivity contribution in [1.29, 1.82) is 0 Å². The molecule has 1 atom stereocenters. The van der Waals surface area contributed by atoms with Gasteiger partial charge in [-0.15, -0.1) is 0 Å². The average molecular weight is 315 g/mol. The molecule has 0 bridgehead atoms. The van der Waals surface area contributed by atoms with E-state index in [1.165, 1.54) is 0 Å². The van der Waals surface area contributed by atoms with Gasteiger partial charge in [0.15, 0.2) is 0 Å². The van der Waals surface area contributed by atoms with Crippen molar-refractivity contribution in [2.45, 2.75) is 19.4 Å². The molecule has 0 spiro atoms. The summed E-state index contributed by atoms with van der Waals surface area (Å²) in [6.07, 6.45) is 0.427. The highest BCUT2D eigenvalue weighted by Gasteiger charge is 2.43. The van der Waals surface area contributed by atoms with Crippen molar-refractivity contribution < 1.29 is 14.4 Å². The van der Waals surface area contributed by atoms with Crippen LogP contribution in [0.25, 0.3) is 0 Å². The van der Waals surface area contributed by atoms with Crippen LogP contribution in [0, 0.1) is 0 Å². The second-order valence-electron chi connectivity index (χ2n) is 6.08. The van der Waals surface area contributed by atoms with Crippen LogP contribution in [0.4, 0.5) is 0 Å². The molecule has 2 heterocycles. The summed E-state index contributed by atoms with van der Waals surface area (Å²) in [5.74, 6) is -0.852. The molecule has 0 unspecified atom stereocenters. The summed E-state index contributed by atoms with van der Waals surface area (Å²) in [7, 11) is 2.02. The van der Waals surface area contributed by atoms with E-state index in [2.05, 4.69) is 4.90 Å². The molecule has 2 aliphatic heterocycles. The number of hydrogen-bond acceptors (Lipinski definition) is 4. The van der Waals surface area contributed by atoms with Crippen LogP contribution in [0.5, 0.6) is 0 Å². The van der Waals surface area contributed by atoms with Crippen molar-refractivity contribution in [3.63, 3.8) is 0 Å². The summed E-state index contributed by atoms with van der Waals surface area (Å²) < 4.78 is 0. The first-order valence-corrected chi connectivity index (χ1v) is 7.98. The van der Waals surface area contributed by atoms with E-state index < -0.39 is 6.04 Å². The van der Waals surface area contributed by atoms with Gasteiger partial charge in [0.05, 0.1) is 11.1 Å². The predicted octanol–water partition coefficient (Wildman–Crippen LogP) is 0.835. The first-order valence-electron chi connectivity index (χ1n) is 7.98. The van der Waals surface area contributed by atoms with E-state index in [0.29, 0.717) is 30.6 Å². The van der Waals surface area contributed by atoms with Crippen LogP contribution < -0.4 is 0 Å². The minimum atomic E-state index is -0.717. The largest absolute Gasteiger partial charge is 0.338 e. The molecule has 0 radical (unpaired) electrons. The Morgan fingerprint density at radius 3 is 2.04 bits per heavy atom. The third kappa shape index (κ3) is 2.63. The maximum Gasteiger partial charge on any atom is 0.262 e. The fraction of sp³-hybridized carbons (Fsp3) is 0.471. The van der Waals surface area contributed by atoms with Crippen LogP contribution in [0.1, 0.15) is 34.1 Å². The van der Waals surface area contributed by atoms with Crippen molar-refractivity contribution in [3.8, 4) is 0 Å². The highest BCUT2D eigenvalue weighted by Crippen LogP contribution is 2.26. The maximum atomic E-state index is 12.8. The Morgan fingerprint density at radius 1 is 1.04 bits per heavy atom. The number of rotatable bonds is 3. The zero-order valence-electron chi connectivity index (χ0n) is 13.5. The van der Waals surface area contributed by atoms with Gasteiger partial charge < -0.3 is 9.80 Å². The molecule has 1 aromatic carbocycles. The van der Waals surface area contributed by atoms with Gasteiger partial charge in [0.25, 0.3) is 11.8 Å². The Hall–Kier alpha value is -2.21. The van der Waals surface area contributed by atoms with Crippen LogP contribution in [0.15, 0.2) is 24.3 Å². The number of carbonyl (C=O) groups is 3. The molecule has 2 aliphatic rings. The molecule has 6 nitrogen and oxygen atoms in total. The topological polar surface area (TPSA) is 60.9 Å². The van der Waals surface area contributed by atoms with Crippen LogP contribution in [-0.4, -0.2) is 71.7 Å². The second-order valence-corrected chi connectivity index (χ2v) is 6.08. The van der Waals surface area contributed by atoms with Gasteiger partial charge in [-0.1, -0.05) is 19.1 Å². The Kier molecular flexibility index (Phi) is 4.17. The normalized spacial score (nSPS) is 19.9. The second kappa shape index (κ2) is 6.12. The number of nitrogens with zero attached hydrogens (tertiary/aromatic N) is 3. The number of fused-ring (bicyclic) bond motifs is 1. The van der Waals surface area contributed by atoms with E-state index >= 15 is 0 Å². The monoisotopic (exact) mass is 315 g/mol. The van der Waals surface area contributed by atoms with Crippen LogP contribution in [-0.2, 0) is 4.79 Å². The molecule has 6 heteroatoms. The molecule has 3 amide bonds. The van der Waals surface area contributed by atoms with Crippen molar-refractivity contribution in [2.24, 2.45) is 0 Å². The quantitative estimate of drug-likeness (QED) is 0.776. The summed E-state index contributed by atoms with van der Waals surface area (Å²) in [6, 6.07) is 6.03. The van der Waals surface area contributed by atoms with E-state index in [1.807, 2.05) is 14.0 Å². The van der Waals surface area contributed by atoms with Gasteiger partial charge in [0, 0.05) is 26.2 Å². The highest BCUT2D eigenvalue weighted by molar-refractivity contribution is 6.22. The number of benzene rings is 1. The molecule has 3 rings (SSSR count). The van der Waals surface area contributed by atoms with Gasteiger partial charge in [0.1, 0.15) is 6.04 Å². The van der Waals surface area contributed by atoms with Crippen molar-refractivity contribution in [2.75, 3.05) is 33.2 Å². The van der Waals surface area contributed by atoms with E-state index in [9.17, 15) is 14.4 Å². The van der Waals surface area contributed by atoms with E-state index in [1.54, 1.807) is 29.2 Å². The number of hydrogen-bond donors (Lipinski definition) is 0. The average Bonchev–Trinajstić information content (AvgIpc) is 2.82. The van der Waals surface area contributed by atoms with E-state index in [4.69, 9.17) is 0 Å². The van der Waals surface area contributed by atoms with Gasteiger partial charge in [-0.3, -0.25) is 19.3 Å². The highest BCUT2D eigenvalue weighted by atomic mass is 16.2. The third-order valence-electron chi connectivity index (χ3n) is 4.62. The lowest BCUT2D eigenvalue weighted by Gasteiger charge is -2.36. The fourth-order valence-corrected chi connectivity index (χ4v) is 3.20. The lowest BCUT2D eigenvalue weighted by molar-refractivity contribution is -0.137. The minimum Gasteiger partial charge on any atom is -0.338 e. The Bertz CT molecular complexity index is 615. The zero-order chi connectivity index (χ0) is 16.6. The molecular formula is C17H21N3O3. The van der Waals surface area contributed by atoms with Crippen LogP contribution in [0.3, 0.4) is 0 Å². The fourth-order valence-electron chi connectivity index (χ4n) is 3.20. The lowest BCUT2D eigenvalue weighted by Crippen LogP contribution is -2.55. The van der Waals surface area contributed by atoms with Gasteiger partial charge in [-0.25, -0.2) is 0 Å². The number of likely N-dealkylation sites (N-methyl/N-ethyl adjacent to an activating group) is 1. The molecule has 1 saturated heterocycles. The number of carbonyl (C=O) groups excluding carboxylic acids is 3. The molecule has 0 aliphatic carbocycles. The molecular weight excluding hydrogens is 294 g/mol. The SMILES string of the molecule is CC[C@@H](C(=O)N1CCN(C)CC1)N1C(=O)c2ccccc2C1=O. The van der Waals surface area contributed by atoms with Crippen LogP contribution in [0.2, 0.25) is 0 Å². The van der Waals surface area contributed by atoms with Gasteiger partial charge in [-0.05, 0) is 25.6 Å².